The Bertz CT molecular complexity index is 809. The molecule has 0 radical (unpaired) electrons. The van der Waals surface area contributed by atoms with Crippen molar-refractivity contribution in [3.8, 4) is 0 Å². The zero-order chi connectivity index (χ0) is 18.8. The predicted molar refractivity (Wildman–Crippen MR) is 105 cm³/mol. The zero-order valence-corrected chi connectivity index (χ0v) is 15.5. The average Bonchev–Trinajstić information content (AvgIpc) is 2.85. The first-order chi connectivity index (χ1) is 13.1. The number of primary amides is 1. The maximum absolute atomic E-state index is 13.4. The van der Waals surface area contributed by atoms with Crippen molar-refractivity contribution in [2.45, 2.75) is 25.7 Å². The number of nitrogens with two attached hydrogens (primary N) is 1. The Morgan fingerprint density at radius 2 is 1.44 bits per heavy atom. The van der Waals surface area contributed by atoms with E-state index in [4.69, 9.17) is 5.73 Å². The topological polar surface area (TPSA) is 67.8 Å². The molecule has 0 saturated carbocycles. The molecule has 5 heteroatoms. The maximum Gasteiger partial charge on any atom is 0.286 e. The van der Waals surface area contributed by atoms with E-state index >= 15 is 0 Å². The third-order valence-electron chi connectivity index (χ3n) is 5.87. The molecule has 0 aromatic heterocycles. The number of amides is 2. The molecule has 140 valence electrons. The summed E-state index contributed by atoms with van der Waals surface area (Å²) in [6.07, 6.45) is 3.41. The van der Waals surface area contributed by atoms with E-state index in [1.165, 1.54) is 16.0 Å². The van der Waals surface area contributed by atoms with Gasteiger partial charge in [-0.15, -0.1) is 0 Å². The van der Waals surface area contributed by atoms with Gasteiger partial charge in [0.25, 0.3) is 5.91 Å². The van der Waals surface area contributed by atoms with E-state index in [-0.39, 0.29) is 17.7 Å². The Morgan fingerprint density at radius 3 is 1.96 bits per heavy atom. The van der Waals surface area contributed by atoms with Crippen LogP contribution in [0.4, 0.5) is 11.4 Å². The van der Waals surface area contributed by atoms with Crippen LogP contribution in [0.15, 0.2) is 48.5 Å². The largest absolute Gasteiger partial charge is 0.369 e. The number of aryl methyl sites for hydroxylation is 2. The van der Waals surface area contributed by atoms with Crippen LogP contribution in [0.1, 0.15) is 24.0 Å². The minimum atomic E-state index is -0.212. The van der Waals surface area contributed by atoms with Crippen LogP contribution in [0, 0.1) is 5.92 Å². The van der Waals surface area contributed by atoms with Gasteiger partial charge in [-0.2, -0.15) is 0 Å². The number of para-hydroxylation sites is 2. The quantitative estimate of drug-likeness (QED) is 0.860. The molecule has 0 bridgehead atoms. The summed E-state index contributed by atoms with van der Waals surface area (Å²) in [7, 11) is 0. The van der Waals surface area contributed by atoms with Crippen LogP contribution in [0.2, 0.25) is 0 Å². The number of hydrogen-bond donors (Lipinski definition) is 2. The fraction of sp³-hybridized carbons (Fsp3) is 0.364. The second-order valence-corrected chi connectivity index (χ2v) is 7.59. The van der Waals surface area contributed by atoms with E-state index in [1.54, 1.807) is 0 Å². The molecule has 27 heavy (non-hydrogen) atoms. The van der Waals surface area contributed by atoms with Gasteiger partial charge in [-0.3, -0.25) is 14.5 Å². The van der Waals surface area contributed by atoms with Crippen LogP contribution in [0.3, 0.4) is 0 Å². The highest BCUT2D eigenvalue weighted by Gasteiger charge is 2.31. The number of carbonyl (C=O) groups is 2. The van der Waals surface area contributed by atoms with Crippen molar-refractivity contribution in [3.05, 3.63) is 59.7 Å². The van der Waals surface area contributed by atoms with Gasteiger partial charge in [-0.05, 0) is 36.1 Å². The van der Waals surface area contributed by atoms with Crippen LogP contribution in [0.5, 0.6) is 0 Å². The molecule has 2 aliphatic heterocycles. The molecule has 0 spiro atoms. The van der Waals surface area contributed by atoms with E-state index in [1.807, 2.05) is 41.3 Å². The van der Waals surface area contributed by atoms with Gasteiger partial charge in [0.1, 0.15) is 0 Å². The first-order valence-corrected chi connectivity index (χ1v) is 9.75. The molecule has 3 N–H and O–H groups in total. The number of carbonyl (C=O) groups excluding carboxylic acids is 2. The molecule has 0 atom stereocenters. The van der Waals surface area contributed by atoms with Crippen molar-refractivity contribution in [2.24, 2.45) is 11.7 Å². The zero-order valence-electron chi connectivity index (χ0n) is 15.5. The Labute approximate surface area is 159 Å². The third kappa shape index (κ3) is 3.60. The number of nitrogens with one attached hydrogen (secondary N) is 1. The number of nitrogens with zero attached hydrogens (tertiary/aromatic N) is 1. The third-order valence-corrected chi connectivity index (χ3v) is 5.87. The highest BCUT2D eigenvalue weighted by atomic mass is 16.2. The van der Waals surface area contributed by atoms with Gasteiger partial charge >= 0.3 is 0 Å². The van der Waals surface area contributed by atoms with E-state index < -0.39 is 0 Å². The summed E-state index contributed by atoms with van der Waals surface area (Å²) in [6.45, 7) is 2.07. The first kappa shape index (κ1) is 17.7. The molecule has 5 nitrogen and oxygen atoms in total. The van der Waals surface area contributed by atoms with Crippen molar-refractivity contribution < 1.29 is 14.5 Å². The van der Waals surface area contributed by atoms with Gasteiger partial charge in [-0.25, -0.2) is 0 Å². The van der Waals surface area contributed by atoms with Crippen molar-refractivity contribution >= 4 is 23.2 Å². The van der Waals surface area contributed by atoms with Gasteiger partial charge < -0.3 is 10.6 Å². The smallest absolute Gasteiger partial charge is 0.286 e. The molecular weight excluding hydrogens is 338 g/mol. The van der Waals surface area contributed by atoms with E-state index in [0.29, 0.717) is 6.54 Å². The number of likely N-dealkylation sites (tertiary alicyclic amines) is 1. The maximum atomic E-state index is 13.4. The van der Waals surface area contributed by atoms with Crippen LogP contribution < -0.4 is 15.5 Å². The van der Waals surface area contributed by atoms with Gasteiger partial charge in [0, 0.05) is 18.8 Å². The lowest BCUT2D eigenvalue weighted by molar-refractivity contribution is -0.897. The summed E-state index contributed by atoms with van der Waals surface area (Å²) in [6, 6.07) is 16.4. The SMILES string of the molecule is NC(=O)C1CC[NH+](CC(=O)N2c3ccccc3CCc3ccccc32)CC1. The minimum Gasteiger partial charge on any atom is -0.369 e. The highest BCUT2D eigenvalue weighted by molar-refractivity contribution is 6.02. The number of hydrogen-bond acceptors (Lipinski definition) is 2. The Morgan fingerprint density at radius 1 is 0.926 bits per heavy atom. The summed E-state index contributed by atoms with van der Waals surface area (Å²) in [4.78, 5) is 27.9. The molecule has 1 saturated heterocycles. The molecule has 1 fully saturated rings. The Hall–Kier alpha value is -2.66. The lowest BCUT2D eigenvalue weighted by atomic mass is 9.96. The Kier molecular flexibility index (Phi) is 4.94. The predicted octanol–water partition coefficient (Wildman–Crippen LogP) is 1.23. The molecule has 0 unspecified atom stereocenters. The fourth-order valence-electron chi connectivity index (χ4n) is 4.33. The van der Waals surface area contributed by atoms with Crippen LogP contribution in [-0.4, -0.2) is 31.4 Å². The summed E-state index contributed by atoms with van der Waals surface area (Å²) in [5.41, 5.74) is 9.85. The summed E-state index contributed by atoms with van der Waals surface area (Å²) < 4.78 is 0. The number of piperidine rings is 1. The molecule has 2 amide bonds. The van der Waals surface area contributed by atoms with Crippen LogP contribution in [0.25, 0.3) is 0 Å². The van der Waals surface area contributed by atoms with Crippen LogP contribution in [-0.2, 0) is 22.4 Å². The van der Waals surface area contributed by atoms with Crippen molar-refractivity contribution in [1.29, 1.82) is 0 Å². The summed E-state index contributed by atoms with van der Waals surface area (Å²) in [5, 5.41) is 0. The van der Waals surface area contributed by atoms with Gasteiger partial charge in [0.2, 0.25) is 5.91 Å². The van der Waals surface area contributed by atoms with Gasteiger partial charge in [0.05, 0.1) is 24.5 Å². The standard InChI is InChI=1S/C22H25N3O2/c23-22(27)18-11-13-24(14-12-18)15-21(26)25-19-7-3-1-5-16(19)9-10-17-6-2-4-8-20(17)25/h1-8,18H,9-15H2,(H2,23,27)/p+1. The molecule has 4 rings (SSSR count). The number of fused-ring (bicyclic) bond motifs is 2. The minimum absolute atomic E-state index is 0.0384. The molecule has 2 aromatic carbocycles. The average molecular weight is 364 g/mol. The summed E-state index contributed by atoms with van der Waals surface area (Å²) in [5.74, 6) is -0.136. The Balaban J connectivity index is 1.59. The normalized spacial score (nSPS) is 21.7. The van der Waals surface area contributed by atoms with E-state index in [0.717, 1.165) is 50.1 Å². The van der Waals surface area contributed by atoms with Crippen molar-refractivity contribution in [1.82, 2.24) is 0 Å². The van der Waals surface area contributed by atoms with Gasteiger partial charge in [-0.1, -0.05) is 36.4 Å². The molecule has 2 aliphatic rings. The van der Waals surface area contributed by atoms with Crippen molar-refractivity contribution in [3.63, 3.8) is 0 Å². The monoisotopic (exact) mass is 364 g/mol. The molecular formula is C22H26N3O2+. The number of benzene rings is 2. The molecule has 0 aliphatic carbocycles. The van der Waals surface area contributed by atoms with E-state index in [9.17, 15) is 9.59 Å². The second-order valence-electron chi connectivity index (χ2n) is 7.59. The molecule has 2 aromatic rings. The van der Waals surface area contributed by atoms with E-state index in [2.05, 4.69) is 12.1 Å². The lowest BCUT2D eigenvalue weighted by Crippen LogP contribution is -3.14. The fourth-order valence-corrected chi connectivity index (χ4v) is 4.33. The van der Waals surface area contributed by atoms with Crippen molar-refractivity contribution in [2.75, 3.05) is 24.5 Å². The summed E-state index contributed by atoms with van der Waals surface area (Å²) >= 11 is 0. The highest BCUT2D eigenvalue weighted by Crippen LogP contribution is 2.35. The first-order valence-electron chi connectivity index (χ1n) is 9.75. The number of anilines is 2. The molecule has 2 heterocycles. The second kappa shape index (κ2) is 7.53. The number of quaternary nitrogens is 1. The number of rotatable bonds is 3. The van der Waals surface area contributed by atoms with Crippen LogP contribution >= 0.6 is 0 Å². The van der Waals surface area contributed by atoms with Gasteiger partial charge in [0.15, 0.2) is 6.54 Å². The lowest BCUT2D eigenvalue weighted by Gasteiger charge is -2.30.